The van der Waals surface area contributed by atoms with Crippen molar-refractivity contribution in [1.82, 2.24) is 0 Å². The van der Waals surface area contributed by atoms with Crippen LogP contribution >= 0.6 is 11.6 Å². The summed E-state index contributed by atoms with van der Waals surface area (Å²) in [5.74, 6) is 0. The maximum absolute atomic E-state index is 7.71. The van der Waals surface area contributed by atoms with Crippen molar-refractivity contribution in [2.24, 2.45) is 0 Å². The third-order valence-electron chi connectivity index (χ3n) is 8.36. The van der Waals surface area contributed by atoms with Crippen LogP contribution in [0.3, 0.4) is 0 Å². The van der Waals surface area contributed by atoms with Gasteiger partial charge in [-0.1, -0.05) is 157 Å². The van der Waals surface area contributed by atoms with E-state index in [2.05, 4.69) is 140 Å². The van der Waals surface area contributed by atoms with Crippen molar-refractivity contribution in [2.75, 3.05) is 0 Å². The number of para-hydroxylation sites is 1. The van der Waals surface area contributed by atoms with Gasteiger partial charge in [-0.2, -0.15) is 0 Å². The Labute approximate surface area is 261 Å². The largest absolute Gasteiger partial charge is 0.456 e. The number of hydrogen-bond donors (Lipinski definition) is 0. The van der Waals surface area contributed by atoms with Crippen LogP contribution in [0.1, 0.15) is 0 Å². The Kier molecular flexibility index (Phi) is 6.59. The summed E-state index contributed by atoms with van der Waals surface area (Å²) in [6.45, 7) is 0. The standard InChI is InChI=1S/C42H27ClO/c43-42-40(30-19-9-3-10-20-30)38(29-17-7-2-8-18-29)37(28-15-5-1-6-16-28)39(41(42)31-21-11-4-12-22-31)32-25-26-34-33-23-13-14-24-35(33)44-36(34)27-32/h1-27H. The Hall–Kier alpha value is -5.37. The van der Waals surface area contributed by atoms with E-state index in [9.17, 15) is 0 Å². The third-order valence-corrected chi connectivity index (χ3v) is 8.73. The molecule has 208 valence electrons. The number of benzene rings is 7. The summed E-state index contributed by atoms with van der Waals surface area (Å²) in [5, 5.41) is 2.94. The van der Waals surface area contributed by atoms with E-state index in [0.29, 0.717) is 0 Å². The topological polar surface area (TPSA) is 13.1 Å². The van der Waals surface area contributed by atoms with Crippen molar-refractivity contribution in [3.63, 3.8) is 0 Å². The Morgan fingerprint density at radius 3 is 1.23 bits per heavy atom. The molecule has 8 aromatic rings. The maximum atomic E-state index is 7.71. The zero-order valence-electron chi connectivity index (χ0n) is 23.9. The van der Waals surface area contributed by atoms with E-state index in [0.717, 1.165) is 82.6 Å². The molecule has 0 spiro atoms. The Morgan fingerprint density at radius 1 is 0.318 bits per heavy atom. The fraction of sp³-hybridized carbons (Fsp3) is 0. The van der Waals surface area contributed by atoms with Gasteiger partial charge in [0.25, 0.3) is 0 Å². The van der Waals surface area contributed by atoms with Crippen molar-refractivity contribution in [3.8, 4) is 55.6 Å². The lowest BCUT2D eigenvalue weighted by atomic mass is 9.78. The summed E-state index contributed by atoms with van der Waals surface area (Å²) >= 11 is 7.71. The number of fused-ring (bicyclic) bond motifs is 3. The van der Waals surface area contributed by atoms with Crippen molar-refractivity contribution < 1.29 is 4.42 Å². The second-order valence-corrected chi connectivity index (χ2v) is 11.3. The number of hydrogen-bond acceptors (Lipinski definition) is 1. The van der Waals surface area contributed by atoms with Crippen LogP contribution < -0.4 is 0 Å². The monoisotopic (exact) mass is 582 g/mol. The first-order valence-electron chi connectivity index (χ1n) is 14.8. The quantitative estimate of drug-likeness (QED) is 0.197. The number of rotatable bonds is 5. The van der Waals surface area contributed by atoms with Crippen LogP contribution in [-0.4, -0.2) is 0 Å². The first-order chi connectivity index (χ1) is 21.8. The molecule has 1 heterocycles. The molecule has 0 aliphatic carbocycles. The molecule has 0 aliphatic heterocycles. The summed E-state index contributed by atoms with van der Waals surface area (Å²) in [7, 11) is 0. The minimum Gasteiger partial charge on any atom is -0.456 e. The zero-order valence-corrected chi connectivity index (χ0v) is 24.6. The highest BCUT2D eigenvalue weighted by atomic mass is 35.5. The van der Waals surface area contributed by atoms with Gasteiger partial charge < -0.3 is 4.42 Å². The van der Waals surface area contributed by atoms with Gasteiger partial charge in [0.05, 0.1) is 5.02 Å². The number of halogens is 1. The maximum Gasteiger partial charge on any atom is 0.136 e. The van der Waals surface area contributed by atoms with Crippen molar-refractivity contribution in [2.45, 2.75) is 0 Å². The molecule has 7 aromatic carbocycles. The fourth-order valence-electron chi connectivity index (χ4n) is 6.43. The summed E-state index contributed by atoms with van der Waals surface area (Å²) in [6, 6.07) is 57.1. The highest BCUT2D eigenvalue weighted by Gasteiger charge is 2.27. The molecule has 0 unspecified atom stereocenters. The molecule has 8 rings (SSSR count). The Balaban J connectivity index is 1.59. The van der Waals surface area contributed by atoms with E-state index in [4.69, 9.17) is 16.0 Å². The van der Waals surface area contributed by atoms with E-state index in [1.54, 1.807) is 0 Å². The van der Waals surface area contributed by atoms with Crippen LogP contribution in [0, 0.1) is 0 Å². The third kappa shape index (κ3) is 4.41. The highest BCUT2D eigenvalue weighted by molar-refractivity contribution is 6.39. The van der Waals surface area contributed by atoms with E-state index >= 15 is 0 Å². The molecule has 0 fully saturated rings. The molecule has 2 heteroatoms. The van der Waals surface area contributed by atoms with Crippen molar-refractivity contribution in [3.05, 3.63) is 169 Å². The first kappa shape index (κ1) is 26.3. The van der Waals surface area contributed by atoms with Gasteiger partial charge in [0.15, 0.2) is 0 Å². The summed E-state index contributed by atoms with van der Waals surface area (Å²) in [6.07, 6.45) is 0. The minimum atomic E-state index is 0.723. The van der Waals surface area contributed by atoms with E-state index in [1.165, 1.54) is 0 Å². The van der Waals surface area contributed by atoms with Gasteiger partial charge in [-0.05, 0) is 62.7 Å². The van der Waals surface area contributed by atoms with Gasteiger partial charge in [0.1, 0.15) is 11.2 Å². The second-order valence-electron chi connectivity index (χ2n) is 11.0. The summed E-state index contributed by atoms with van der Waals surface area (Å²) in [4.78, 5) is 0. The molecule has 0 radical (unpaired) electrons. The van der Waals surface area contributed by atoms with Crippen LogP contribution in [-0.2, 0) is 0 Å². The predicted octanol–water partition coefficient (Wildman–Crippen LogP) is 12.6. The van der Waals surface area contributed by atoms with E-state index in [1.807, 2.05) is 24.3 Å². The van der Waals surface area contributed by atoms with Gasteiger partial charge >= 0.3 is 0 Å². The lowest BCUT2D eigenvalue weighted by molar-refractivity contribution is 0.669. The van der Waals surface area contributed by atoms with Crippen molar-refractivity contribution in [1.29, 1.82) is 0 Å². The molecule has 0 aliphatic rings. The average molecular weight is 583 g/mol. The van der Waals surface area contributed by atoms with E-state index in [-0.39, 0.29) is 0 Å². The second kappa shape index (κ2) is 11.0. The molecule has 0 saturated heterocycles. The predicted molar refractivity (Wildman–Crippen MR) is 186 cm³/mol. The summed E-state index contributed by atoms with van der Waals surface area (Å²) in [5.41, 5.74) is 12.5. The molecule has 44 heavy (non-hydrogen) atoms. The zero-order chi connectivity index (χ0) is 29.5. The molecule has 0 saturated carbocycles. The molecule has 0 amide bonds. The van der Waals surface area contributed by atoms with Crippen LogP contribution in [0.2, 0.25) is 5.02 Å². The smallest absolute Gasteiger partial charge is 0.136 e. The first-order valence-corrected chi connectivity index (χ1v) is 15.2. The van der Waals surface area contributed by atoms with Gasteiger partial charge in [-0.15, -0.1) is 0 Å². The SMILES string of the molecule is Clc1c(-c2ccccc2)c(-c2ccccc2)c(-c2ccccc2)c(-c2ccc3c(c2)oc2ccccc23)c1-c1ccccc1. The molecule has 1 nitrogen and oxygen atoms in total. The minimum absolute atomic E-state index is 0.723. The van der Waals surface area contributed by atoms with Gasteiger partial charge in [-0.25, -0.2) is 0 Å². The van der Waals surface area contributed by atoms with Gasteiger partial charge in [0, 0.05) is 21.9 Å². The average Bonchev–Trinajstić information content (AvgIpc) is 3.47. The normalized spacial score (nSPS) is 11.3. The lowest BCUT2D eigenvalue weighted by Crippen LogP contribution is -1.99. The highest BCUT2D eigenvalue weighted by Crippen LogP contribution is 2.54. The van der Waals surface area contributed by atoms with Crippen LogP contribution in [0.15, 0.2) is 168 Å². The molecular weight excluding hydrogens is 556 g/mol. The van der Waals surface area contributed by atoms with E-state index < -0.39 is 0 Å². The van der Waals surface area contributed by atoms with Crippen molar-refractivity contribution >= 4 is 33.5 Å². The Bertz CT molecular complexity index is 2250. The molecule has 0 atom stereocenters. The van der Waals surface area contributed by atoms with Gasteiger partial charge in [-0.3, -0.25) is 0 Å². The molecule has 0 N–H and O–H groups in total. The Morgan fingerprint density at radius 2 is 0.705 bits per heavy atom. The van der Waals surface area contributed by atoms with Crippen LogP contribution in [0.4, 0.5) is 0 Å². The van der Waals surface area contributed by atoms with Crippen LogP contribution in [0.25, 0.3) is 77.6 Å². The molecule has 1 aromatic heterocycles. The van der Waals surface area contributed by atoms with Gasteiger partial charge in [0.2, 0.25) is 0 Å². The summed E-state index contributed by atoms with van der Waals surface area (Å²) < 4.78 is 6.41. The lowest BCUT2D eigenvalue weighted by Gasteiger charge is -2.26. The molecule has 0 bridgehead atoms. The number of furan rings is 1. The van der Waals surface area contributed by atoms with Crippen LogP contribution in [0.5, 0.6) is 0 Å². The fourth-order valence-corrected chi connectivity index (χ4v) is 6.84. The molecular formula is C42H27ClO.